The average Bonchev–Trinajstić information content (AvgIpc) is 3.19. The molecule has 1 N–H and O–H groups in total. The van der Waals surface area contributed by atoms with Crippen molar-refractivity contribution in [1.29, 1.82) is 0 Å². The Morgan fingerprint density at radius 1 is 1.38 bits per heavy atom. The molecular formula is C13H21N7O. The van der Waals surface area contributed by atoms with Gasteiger partial charge in [-0.1, -0.05) is 0 Å². The van der Waals surface area contributed by atoms with E-state index in [-0.39, 0.29) is 12.0 Å². The molecule has 8 nitrogen and oxygen atoms in total. The van der Waals surface area contributed by atoms with Crippen LogP contribution in [0.5, 0.6) is 0 Å². The molecule has 3 rings (SSSR count). The molecule has 0 bridgehead atoms. The maximum atomic E-state index is 5.61. The second kappa shape index (κ2) is 5.90. The van der Waals surface area contributed by atoms with Crippen molar-refractivity contribution in [3.05, 3.63) is 23.3 Å². The fraction of sp³-hybridized carbons (Fsp3) is 0.692. The van der Waals surface area contributed by atoms with Crippen LogP contribution in [0.1, 0.15) is 29.9 Å². The molecule has 21 heavy (non-hydrogen) atoms. The summed E-state index contributed by atoms with van der Waals surface area (Å²) in [6.45, 7) is 7.40. The molecule has 0 aromatic carbocycles. The zero-order valence-electron chi connectivity index (χ0n) is 12.7. The van der Waals surface area contributed by atoms with E-state index in [1.165, 1.54) is 0 Å². The van der Waals surface area contributed by atoms with Crippen LogP contribution in [0.2, 0.25) is 0 Å². The molecule has 2 aromatic heterocycles. The predicted octanol–water partition coefficient (Wildman–Crippen LogP) is 0.339. The lowest BCUT2D eigenvalue weighted by atomic mass is 10.0. The number of aromatic nitrogens is 6. The summed E-state index contributed by atoms with van der Waals surface area (Å²) in [5.74, 6) is 0.246. The summed E-state index contributed by atoms with van der Waals surface area (Å²) in [7, 11) is 1.75. The summed E-state index contributed by atoms with van der Waals surface area (Å²) in [5, 5.41) is 19.7. The second-order valence-electron chi connectivity index (χ2n) is 5.39. The lowest BCUT2D eigenvalue weighted by molar-refractivity contribution is 0.0956. The second-order valence-corrected chi connectivity index (χ2v) is 5.39. The van der Waals surface area contributed by atoms with Crippen LogP contribution in [-0.4, -0.2) is 61.6 Å². The molecule has 0 aliphatic carbocycles. The molecular weight excluding hydrogens is 270 g/mol. The molecule has 2 atom stereocenters. The van der Waals surface area contributed by atoms with E-state index >= 15 is 0 Å². The van der Waals surface area contributed by atoms with Gasteiger partial charge in [-0.05, 0) is 13.8 Å². The Bertz CT molecular complexity index is 579. The van der Waals surface area contributed by atoms with Crippen LogP contribution in [0, 0.1) is 6.92 Å². The number of ether oxygens (including phenoxy) is 1. The fourth-order valence-corrected chi connectivity index (χ4v) is 2.86. The maximum absolute atomic E-state index is 5.61. The van der Waals surface area contributed by atoms with Crippen LogP contribution < -0.4 is 0 Å². The van der Waals surface area contributed by atoms with Crippen molar-refractivity contribution >= 4 is 0 Å². The molecule has 1 fully saturated rings. The van der Waals surface area contributed by atoms with E-state index in [1.807, 2.05) is 13.8 Å². The Balaban J connectivity index is 1.71. The van der Waals surface area contributed by atoms with Crippen LogP contribution in [0.25, 0.3) is 0 Å². The van der Waals surface area contributed by atoms with Gasteiger partial charge in [0.15, 0.2) is 0 Å². The number of H-pyrrole nitrogens is 1. The molecule has 2 aromatic rings. The minimum atomic E-state index is 0.136. The summed E-state index contributed by atoms with van der Waals surface area (Å²) in [6, 6.07) is 0. The van der Waals surface area contributed by atoms with Crippen LogP contribution in [0.15, 0.2) is 6.20 Å². The van der Waals surface area contributed by atoms with Gasteiger partial charge in [0, 0.05) is 32.7 Å². The summed E-state index contributed by atoms with van der Waals surface area (Å²) in [5.41, 5.74) is 2.99. The third-order valence-electron chi connectivity index (χ3n) is 4.03. The van der Waals surface area contributed by atoms with Gasteiger partial charge in [-0.3, -0.25) is 4.90 Å². The normalized spacial score (nSPS) is 23.0. The van der Waals surface area contributed by atoms with Gasteiger partial charge in [0.05, 0.1) is 35.9 Å². The molecule has 0 amide bonds. The number of aryl methyl sites for hydroxylation is 2. The van der Waals surface area contributed by atoms with Gasteiger partial charge in [0.1, 0.15) is 0 Å². The number of aromatic amines is 1. The van der Waals surface area contributed by atoms with Crippen molar-refractivity contribution in [3.8, 4) is 0 Å². The van der Waals surface area contributed by atoms with E-state index in [0.29, 0.717) is 0 Å². The van der Waals surface area contributed by atoms with Crippen LogP contribution in [0.3, 0.4) is 0 Å². The quantitative estimate of drug-likeness (QED) is 0.855. The molecule has 0 spiro atoms. The molecule has 114 valence electrons. The average molecular weight is 291 g/mol. The predicted molar refractivity (Wildman–Crippen MR) is 75.6 cm³/mol. The summed E-state index contributed by atoms with van der Waals surface area (Å²) < 4.78 is 5.61. The first kappa shape index (κ1) is 14.2. The lowest BCUT2D eigenvalue weighted by Gasteiger charge is -2.13. The summed E-state index contributed by atoms with van der Waals surface area (Å²) in [4.78, 5) is 4.08. The maximum Gasteiger partial charge on any atom is 0.0996 e. The summed E-state index contributed by atoms with van der Waals surface area (Å²) in [6.07, 6.45) is 1.91. The van der Waals surface area contributed by atoms with Gasteiger partial charge in [-0.15, -0.1) is 0 Å². The van der Waals surface area contributed by atoms with Crippen LogP contribution >= 0.6 is 0 Å². The molecule has 0 unspecified atom stereocenters. The Morgan fingerprint density at radius 2 is 2.24 bits per heavy atom. The molecule has 0 radical (unpaired) electrons. The zero-order valence-corrected chi connectivity index (χ0v) is 12.7. The van der Waals surface area contributed by atoms with Gasteiger partial charge in [-0.25, -0.2) is 0 Å². The number of rotatable bonds is 5. The van der Waals surface area contributed by atoms with Crippen molar-refractivity contribution in [1.82, 2.24) is 35.3 Å². The number of nitrogens with zero attached hydrogens (tertiary/aromatic N) is 6. The minimum absolute atomic E-state index is 0.136. The van der Waals surface area contributed by atoms with Gasteiger partial charge in [-0.2, -0.15) is 30.4 Å². The first-order valence-electron chi connectivity index (χ1n) is 7.22. The van der Waals surface area contributed by atoms with Crippen molar-refractivity contribution < 1.29 is 4.74 Å². The number of likely N-dealkylation sites (tertiary alicyclic amines) is 1. The van der Waals surface area contributed by atoms with Crippen LogP contribution in [0.4, 0.5) is 0 Å². The highest BCUT2D eigenvalue weighted by Gasteiger charge is 2.35. The molecule has 8 heteroatoms. The van der Waals surface area contributed by atoms with E-state index in [4.69, 9.17) is 4.74 Å². The van der Waals surface area contributed by atoms with Crippen molar-refractivity contribution in [3.63, 3.8) is 0 Å². The van der Waals surface area contributed by atoms with Crippen molar-refractivity contribution in [2.24, 2.45) is 0 Å². The molecule has 0 saturated carbocycles. The summed E-state index contributed by atoms with van der Waals surface area (Å²) >= 11 is 0. The topological polar surface area (TPSA) is 84.8 Å². The largest absolute Gasteiger partial charge is 0.379 e. The third-order valence-corrected chi connectivity index (χ3v) is 4.03. The Kier molecular flexibility index (Phi) is 3.98. The third kappa shape index (κ3) is 2.81. The highest BCUT2D eigenvalue weighted by Crippen LogP contribution is 2.28. The van der Waals surface area contributed by atoms with E-state index in [2.05, 4.69) is 30.5 Å². The zero-order chi connectivity index (χ0) is 14.8. The lowest BCUT2D eigenvalue weighted by Crippen LogP contribution is -2.23. The SMILES string of the molecule is CCn1nc(C)c(CN2C[C@@H](OC)[C@H](c3cn[nH]n3)C2)n1. The number of hydrogen-bond acceptors (Lipinski definition) is 6. The van der Waals surface area contributed by atoms with Gasteiger partial charge in [0.25, 0.3) is 0 Å². The smallest absolute Gasteiger partial charge is 0.0996 e. The Hall–Kier alpha value is -1.80. The van der Waals surface area contributed by atoms with E-state index in [9.17, 15) is 0 Å². The molecule has 1 saturated heterocycles. The monoisotopic (exact) mass is 291 g/mol. The first-order valence-corrected chi connectivity index (χ1v) is 7.22. The van der Waals surface area contributed by atoms with E-state index in [1.54, 1.807) is 18.1 Å². The number of hydrogen-bond donors (Lipinski definition) is 1. The number of methoxy groups -OCH3 is 1. The van der Waals surface area contributed by atoms with E-state index < -0.39 is 0 Å². The van der Waals surface area contributed by atoms with Crippen molar-refractivity contribution in [2.75, 3.05) is 20.2 Å². The van der Waals surface area contributed by atoms with Crippen LogP contribution in [-0.2, 0) is 17.8 Å². The van der Waals surface area contributed by atoms with Gasteiger partial charge < -0.3 is 4.74 Å². The molecule has 3 heterocycles. The van der Waals surface area contributed by atoms with Gasteiger partial charge >= 0.3 is 0 Å². The highest BCUT2D eigenvalue weighted by molar-refractivity contribution is 5.12. The highest BCUT2D eigenvalue weighted by atomic mass is 16.5. The standard InChI is InChI=1S/C13H21N7O/c1-4-20-16-9(2)12(17-20)7-19-6-10(13(8-19)21-3)11-5-14-18-15-11/h5,10,13H,4,6-8H2,1-3H3,(H,14,15,18)/t10-,13+/m0/s1. The molecule has 1 aliphatic rings. The van der Waals surface area contributed by atoms with E-state index in [0.717, 1.165) is 43.3 Å². The fourth-order valence-electron chi connectivity index (χ4n) is 2.86. The van der Waals surface area contributed by atoms with Gasteiger partial charge in [0.2, 0.25) is 0 Å². The Morgan fingerprint density at radius 3 is 2.86 bits per heavy atom. The number of nitrogens with one attached hydrogen (secondary N) is 1. The molecule has 1 aliphatic heterocycles. The van der Waals surface area contributed by atoms with Crippen molar-refractivity contribution in [2.45, 2.75) is 39.0 Å². The first-order chi connectivity index (χ1) is 10.2. The minimum Gasteiger partial charge on any atom is -0.379 e. The Labute approximate surface area is 123 Å².